The molecule has 2 aromatic carbocycles. The van der Waals surface area contributed by atoms with Gasteiger partial charge in [-0.05, 0) is 29.8 Å². The number of para-hydroxylation sites is 2. The summed E-state index contributed by atoms with van der Waals surface area (Å²) in [6.45, 7) is 1.11. The molecule has 0 unspecified atom stereocenters. The number of fused-ring (bicyclic) bond motifs is 1. The average molecular weight is 388 g/mol. The molecule has 0 saturated carbocycles. The minimum absolute atomic E-state index is 0.0486. The van der Waals surface area contributed by atoms with Crippen molar-refractivity contribution in [2.45, 2.75) is 13.1 Å². The van der Waals surface area contributed by atoms with Crippen molar-refractivity contribution in [2.24, 2.45) is 0 Å². The molecular formula is C18H18BrN3O2. The van der Waals surface area contributed by atoms with E-state index in [2.05, 4.69) is 42.9 Å². The summed E-state index contributed by atoms with van der Waals surface area (Å²) in [6.07, 6.45) is 0. The largest absolute Gasteiger partial charge is 0.375 e. The number of nitrogens with one attached hydrogen (secondary N) is 1. The van der Waals surface area contributed by atoms with E-state index in [-0.39, 0.29) is 12.5 Å². The maximum Gasteiger partial charge on any atom is 0.246 e. The maximum atomic E-state index is 11.7. The normalized spacial score (nSPS) is 10.9. The van der Waals surface area contributed by atoms with Crippen LogP contribution in [0.25, 0.3) is 11.0 Å². The van der Waals surface area contributed by atoms with Crippen LogP contribution in [0.5, 0.6) is 0 Å². The molecule has 1 amide bonds. The molecule has 1 aromatic heterocycles. The number of halogens is 1. The zero-order valence-corrected chi connectivity index (χ0v) is 14.9. The first-order chi connectivity index (χ1) is 11.7. The number of hydrogen-bond donors (Lipinski definition) is 1. The van der Waals surface area contributed by atoms with Crippen molar-refractivity contribution in [3.8, 4) is 0 Å². The molecular weight excluding hydrogens is 370 g/mol. The smallest absolute Gasteiger partial charge is 0.246 e. The number of amides is 1. The van der Waals surface area contributed by atoms with Crippen LogP contribution in [0.1, 0.15) is 11.4 Å². The number of hydrogen-bond acceptors (Lipinski definition) is 3. The van der Waals surface area contributed by atoms with E-state index in [0.717, 1.165) is 21.3 Å². The number of imidazole rings is 1. The monoisotopic (exact) mass is 387 g/mol. The molecule has 0 aliphatic heterocycles. The molecule has 0 saturated heterocycles. The van der Waals surface area contributed by atoms with E-state index < -0.39 is 0 Å². The Kier molecular flexibility index (Phi) is 5.27. The number of methoxy groups -OCH3 is 1. The third-order valence-electron chi connectivity index (χ3n) is 3.71. The highest BCUT2D eigenvalue weighted by Gasteiger charge is 2.12. The summed E-state index contributed by atoms with van der Waals surface area (Å²) in [6, 6.07) is 16.2. The first-order valence-corrected chi connectivity index (χ1v) is 8.41. The van der Waals surface area contributed by atoms with Crippen LogP contribution in [-0.4, -0.2) is 29.2 Å². The van der Waals surface area contributed by atoms with Crippen LogP contribution in [-0.2, 0) is 22.6 Å². The standard InChI is InChI=1S/C18H18BrN3O2/c1-24-12-18(23)20-10-17-21-15-4-2-3-5-16(15)22(17)11-13-6-8-14(19)9-7-13/h2-9H,10-12H2,1H3,(H,20,23). The molecule has 0 aliphatic rings. The van der Waals surface area contributed by atoms with Crippen molar-refractivity contribution in [2.75, 3.05) is 13.7 Å². The fourth-order valence-corrected chi connectivity index (χ4v) is 2.83. The van der Waals surface area contributed by atoms with Crippen LogP contribution in [0.2, 0.25) is 0 Å². The Hall–Kier alpha value is -2.18. The van der Waals surface area contributed by atoms with Crippen LogP contribution >= 0.6 is 15.9 Å². The van der Waals surface area contributed by atoms with Gasteiger partial charge in [-0.1, -0.05) is 40.2 Å². The van der Waals surface area contributed by atoms with E-state index in [9.17, 15) is 4.79 Å². The van der Waals surface area contributed by atoms with Crippen LogP contribution in [0.3, 0.4) is 0 Å². The first kappa shape index (κ1) is 16.7. The number of nitrogens with zero attached hydrogens (tertiary/aromatic N) is 2. The van der Waals surface area contributed by atoms with Gasteiger partial charge in [0.05, 0.1) is 17.6 Å². The molecule has 3 rings (SSSR count). The van der Waals surface area contributed by atoms with Crippen molar-refractivity contribution in [3.05, 3.63) is 64.4 Å². The number of carbonyl (C=O) groups excluding carboxylic acids is 1. The van der Waals surface area contributed by atoms with Crippen molar-refractivity contribution in [1.82, 2.24) is 14.9 Å². The van der Waals surface area contributed by atoms with Crippen molar-refractivity contribution in [3.63, 3.8) is 0 Å². The lowest BCUT2D eigenvalue weighted by molar-refractivity contribution is -0.124. The molecule has 124 valence electrons. The third kappa shape index (κ3) is 3.83. The van der Waals surface area contributed by atoms with Crippen LogP contribution < -0.4 is 5.32 Å². The van der Waals surface area contributed by atoms with Crippen LogP contribution in [0, 0.1) is 0 Å². The zero-order valence-electron chi connectivity index (χ0n) is 13.3. The summed E-state index contributed by atoms with van der Waals surface area (Å²) < 4.78 is 8.02. The Labute approximate surface area is 148 Å². The van der Waals surface area contributed by atoms with Crippen LogP contribution in [0.4, 0.5) is 0 Å². The molecule has 24 heavy (non-hydrogen) atoms. The second-order valence-electron chi connectivity index (χ2n) is 5.44. The van der Waals surface area contributed by atoms with Gasteiger partial charge in [0.15, 0.2) is 0 Å². The number of ether oxygens (including phenoxy) is 1. The topological polar surface area (TPSA) is 56.1 Å². The minimum Gasteiger partial charge on any atom is -0.375 e. The van der Waals surface area contributed by atoms with Gasteiger partial charge in [-0.15, -0.1) is 0 Å². The van der Waals surface area contributed by atoms with Gasteiger partial charge in [-0.3, -0.25) is 4.79 Å². The summed E-state index contributed by atoms with van der Waals surface area (Å²) in [7, 11) is 1.50. The fraction of sp³-hybridized carbons (Fsp3) is 0.222. The quantitative estimate of drug-likeness (QED) is 0.706. The SMILES string of the molecule is COCC(=O)NCc1nc2ccccc2n1Cc1ccc(Br)cc1. The Morgan fingerprint density at radius 1 is 1.21 bits per heavy atom. The molecule has 0 atom stereocenters. The first-order valence-electron chi connectivity index (χ1n) is 7.61. The summed E-state index contributed by atoms with van der Waals surface area (Å²) in [5.41, 5.74) is 3.15. The lowest BCUT2D eigenvalue weighted by atomic mass is 10.2. The number of rotatable bonds is 6. The summed E-state index contributed by atoms with van der Waals surface area (Å²) in [4.78, 5) is 16.3. The van der Waals surface area contributed by atoms with Gasteiger partial charge < -0.3 is 14.6 Å². The van der Waals surface area contributed by atoms with E-state index in [1.54, 1.807) is 0 Å². The fourth-order valence-electron chi connectivity index (χ4n) is 2.57. The highest BCUT2D eigenvalue weighted by molar-refractivity contribution is 9.10. The highest BCUT2D eigenvalue weighted by Crippen LogP contribution is 2.19. The Morgan fingerprint density at radius 2 is 1.96 bits per heavy atom. The molecule has 0 spiro atoms. The van der Waals surface area contributed by atoms with Crippen molar-refractivity contribution in [1.29, 1.82) is 0 Å². The zero-order chi connectivity index (χ0) is 16.9. The molecule has 6 heteroatoms. The minimum atomic E-state index is -0.153. The summed E-state index contributed by atoms with van der Waals surface area (Å²) in [5.74, 6) is 0.670. The summed E-state index contributed by atoms with van der Waals surface area (Å²) in [5, 5.41) is 2.84. The Bertz CT molecular complexity index is 843. The van der Waals surface area contributed by atoms with Gasteiger partial charge in [-0.2, -0.15) is 0 Å². The molecule has 5 nitrogen and oxygen atoms in total. The maximum absolute atomic E-state index is 11.7. The van der Waals surface area contributed by atoms with E-state index >= 15 is 0 Å². The van der Waals surface area contributed by atoms with Gasteiger partial charge in [-0.25, -0.2) is 4.98 Å². The van der Waals surface area contributed by atoms with Gasteiger partial charge in [0.1, 0.15) is 12.4 Å². The third-order valence-corrected chi connectivity index (χ3v) is 4.24. The Morgan fingerprint density at radius 3 is 2.71 bits per heavy atom. The van der Waals surface area contributed by atoms with Crippen molar-refractivity contribution >= 4 is 32.9 Å². The number of carbonyl (C=O) groups is 1. The molecule has 1 N–H and O–H groups in total. The van der Waals surface area contributed by atoms with Gasteiger partial charge in [0.25, 0.3) is 0 Å². The molecule has 0 radical (unpaired) electrons. The second-order valence-corrected chi connectivity index (χ2v) is 6.35. The second kappa shape index (κ2) is 7.59. The predicted molar refractivity (Wildman–Crippen MR) is 96.7 cm³/mol. The van der Waals surface area contributed by atoms with Crippen LogP contribution in [0.15, 0.2) is 53.0 Å². The van der Waals surface area contributed by atoms with E-state index in [4.69, 9.17) is 4.74 Å². The molecule has 1 heterocycles. The summed E-state index contributed by atoms with van der Waals surface area (Å²) >= 11 is 3.45. The van der Waals surface area contributed by atoms with E-state index in [0.29, 0.717) is 13.1 Å². The molecule has 0 bridgehead atoms. The molecule has 0 fully saturated rings. The van der Waals surface area contributed by atoms with E-state index in [1.165, 1.54) is 12.7 Å². The number of benzene rings is 2. The lowest BCUT2D eigenvalue weighted by Gasteiger charge is -2.10. The van der Waals surface area contributed by atoms with Gasteiger partial charge in [0.2, 0.25) is 5.91 Å². The van der Waals surface area contributed by atoms with Gasteiger partial charge >= 0.3 is 0 Å². The Balaban J connectivity index is 1.89. The molecule has 0 aliphatic carbocycles. The van der Waals surface area contributed by atoms with E-state index in [1.807, 2.05) is 36.4 Å². The lowest BCUT2D eigenvalue weighted by Crippen LogP contribution is -2.28. The van der Waals surface area contributed by atoms with Crippen molar-refractivity contribution < 1.29 is 9.53 Å². The highest BCUT2D eigenvalue weighted by atomic mass is 79.9. The number of aromatic nitrogens is 2. The predicted octanol–water partition coefficient (Wildman–Crippen LogP) is 3.11. The van der Waals surface area contributed by atoms with Gasteiger partial charge in [0, 0.05) is 18.1 Å². The average Bonchev–Trinajstić information content (AvgIpc) is 2.93. The molecule has 3 aromatic rings.